The Labute approximate surface area is 83.1 Å². The standard InChI is InChI=1S/C9H15N3O2/c1-4-8-11-6(2)7(5-10-13)9(12-8)14-3/h10,13H,4-5H2,1-3H3. The molecule has 1 aromatic heterocycles. The number of nitrogens with zero attached hydrogens (tertiary/aromatic N) is 2. The molecule has 5 heteroatoms. The SMILES string of the molecule is CCc1nc(C)c(CNO)c(OC)n1. The van der Waals surface area contributed by atoms with E-state index < -0.39 is 0 Å². The summed E-state index contributed by atoms with van der Waals surface area (Å²) in [5, 5.41) is 8.63. The van der Waals surface area contributed by atoms with Crippen LogP contribution in [0.15, 0.2) is 0 Å². The Kier molecular flexibility index (Phi) is 3.79. The van der Waals surface area contributed by atoms with Gasteiger partial charge in [0.25, 0.3) is 0 Å². The lowest BCUT2D eigenvalue weighted by Gasteiger charge is -2.10. The number of aromatic nitrogens is 2. The van der Waals surface area contributed by atoms with Crippen LogP contribution in [0.2, 0.25) is 0 Å². The molecule has 1 aromatic rings. The summed E-state index contributed by atoms with van der Waals surface area (Å²) in [6, 6.07) is 0. The first kappa shape index (κ1) is 10.9. The van der Waals surface area contributed by atoms with Crippen molar-refractivity contribution in [2.24, 2.45) is 0 Å². The van der Waals surface area contributed by atoms with Gasteiger partial charge in [-0.25, -0.2) is 10.5 Å². The van der Waals surface area contributed by atoms with E-state index in [0.29, 0.717) is 12.4 Å². The van der Waals surface area contributed by atoms with E-state index in [1.54, 1.807) is 7.11 Å². The van der Waals surface area contributed by atoms with E-state index in [1.807, 2.05) is 13.8 Å². The summed E-state index contributed by atoms with van der Waals surface area (Å²) in [4.78, 5) is 8.48. The van der Waals surface area contributed by atoms with Crippen molar-refractivity contribution in [3.05, 3.63) is 17.1 Å². The van der Waals surface area contributed by atoms with Crippen LogP contribution in [0.1, 0.15) is 24.0 Å². The fourth-order valence-electron chi connectivity index (χ4n) is 1.24. The second-order valence-electron chi connectivity index (χ2n) is 2.90. The minimum Gasteiger partial charge on any atom is -0.481 e. The molecule has 2 N–H and O–H groups in total. The molecule has 0 saturated heterocycles. The minimum absolute atomic E-state index is 0.291. The molecule has 0 aliphatic heterocycles. The highest BCUT2D eigenvalue weighted by Gasteiger charge is 2.10. The van der Waals surface area contributed by atoms with Gasteiger partial charge in [-0.2, -0.15) is 4.98 Å². The summed E-state index contributed by atoms with van der Waals surface area (Å²) in [6.45, 7) is 4.15. The van der Waals surface area contributed by atoms with E-state index in [2.05, 4.69) is 15.4 Å². The molecule has 78 valence electrons. The van der Waals surface area contributed by atoms with E-state index in [9.17, 15) is 0 Å². The predicted octanol–water partition coefficient (Wildman–Crippen LogP) is 0.835. The van der Waals surface area contributed by atoms with Gasteiger partial charge < -0.3 is 9.94 Å². The predicted molar refractivity (Wildman–Crippen MR) is 51.3 cm³/mol. The monoisotopic (exact) mass is 197 g/mol. The maximum Gasteiger partial charge on any atom is 0.221 e. The lowest BCUT2D eigenvalue weighted by Crippen LogP contribution is -2.12. The van der Waals surface area contributed by atoms with E-state index in [1.165, 1.54) is 0 Å². The zero-order valence-electron chi connectivity index (χ0n) is 8.66. The van der Waals surface area contributed by atoms with Gasteiger partial charge in [0.05, 0.1) is 19.2 Å². The molecular weight excluding hydrogens is 182 g/mol. The van der Waals surface area contributed by atoms with Gasteiger partial charge in [-0.1, -0.05) is 6.92 Å². The van der Waals surface area contributed by atoms with Crippen LogP contribution in [-0.2, 0) is 13.0 Å². The molecule has 0 saturated carbocycles. The third kappa shape index (κ3) is 2.18. The fourth-order valence-corrected chi connectivity index (χ4v) is 1.24. The second-order valence-corrected chi connectivity index (χ2v) is 2.90. The highest BCUT2D eigenvalue weighted by molar-refractivity contribution is 5.30. The van der Waals surface area contributed by atoms with Gasteiger partial charge in [-0.15, -0.1) is 0 Å². The van der Waals surface area contributed by atoms with Gasteiger partial charge in [-0.3, -0.25) is 0 Å². The van der Waals surface area contributed by atoms with Crippen molar-refractivity contribution < 1.29 is 9.94 Å². The molecule has 0 aliphatic rings. The van der Waals surface area contributed by atoms with Crippen molar-refractivity contribution >= 4 is 0 Å². The Balaban J connectivity index is 3.13. The summed E-state index contributed by atoms with van der Waals surface area (Å²) >= 11 is 0. The van der Waals surface area contributed by atoms with Gasteiger partial charge in [0.15, 0.2) is 0 Å². The van der Waals surface area contributed by atoms with Gasteiger partial charge in [0.1, 0.15) is 5.82 Å². The molecule has 0 spiro atoms. The number of hydrogen-bond acceptors (Lipinski definition) is 5. The van der Waals surface area contributed by atoms with Crippen LogP contribution in [0.3, 0.4) is 0 Å². The summed E-state index contributed by atoms with van der Waals surface area (Å²) in [7, 11) is 1.56. The molecule has 0 fully saturated rings. The van der Waals surface area contributed by atoms with Gasteiger partial charge >= 0.3 is 0 Å². The van der Waals surface area contributed by atoms with E-state index in [0.717, 1.165) is 23.5 Å². The Bertz CT molecular complexity index is 315. The third-order valence-electron chi connectivity index (χ3n) is 1.99. The zero-order valence-corrected chi connectivity index (χ0v) is 8.66. The maximum atomic E-state index is 8.63. The topological polar surface area (TPSA) is 67.3 Å². The van der Waals surface area contributed by atoms with Crippen LogP contribution < -0.4 is 10.2 Å². The second kappa shape index (κ2) is 4.88. The van der Waals surface area contributed by atoms with Crippen molar-refractivity contribution in [2.75, 3.05) is 7.11 Å². The Morgan fingerprint density at radius 2 is 2.14 bits per heavy atom. The summed E-state index contributed by atoms with van der Waals surface area (Å²) < 4.78 is 5.12. The Hall–Kier alpha value is -1.20. The van der Waals surface area contributed by atoms with Crippen LogP contribution in [0.25, 0.3) is 0 Å². The lowest BCUT2D eigenvalue weighted by atomic mass is 10.2. The van der Waals surface area contributed by atoms with Crippen LogP contribution in [-0.4, -0.2) is 22.3 Å². The number of nitrogens with one attached hydrogen (secondary N) is 1. The molecule has 0 aliphatic carbocycles. The summed E-state index contributed by atoms with van der Waals surface area (Å²) in [6.07, 6.45) is 0.768. The molecule has 0 aromatic carbocycles. The summed E-state index contributed by atoms with van der Waals surface area (Å²) in [5.74, 6) is 1.27. The molecule has 14 heavy (non-hydrogen) atoms. The quantitative estimate of drug-likeness (QED) is 0.700. The number of aryl methyl sites for hydroxylation is 2. The molecule has 5 nitrogen and oxygen atoms in total. The first-order valence-corrected chi connectivity index (χ1v) is 4.50. The summed E-state index contributed by atoms with van der Waals surface area (Å²) in [5.41, 5.74) is 3.69. The van der Waals surface area contributed by atoms with Gasteiger partial charge in [0, 0.05) is 12.1 Å². The third-order valence-corrected chi connectivity index (χ3v) is 1.99. The molecule has 0 unspecified atom stereocenters. The zero-order chi connectivity index (χ0) is 10.6. The van der Waals surface area contributed by atoms with Gasteiger partial charge in [0.2, 0.25) is 5.88 Å². The van der Waals surface area contributed by atoms with Crippen LogP contribution in [0.5, 0.6) is 5.88 Å². The van der Waals surface area contributed by atoms with Gasteiger partial charge in [-0.05, 0) is 6.92 Å². The lowest BCUT2D eigenvalue weighted by molar-refractivity contribution is 0.159. The molecular formula is C9H15N3O2. The van der Waals surface area contributed by atoms with E-state index >= 15 is 0 Å². The minimum atomic E-state index is 0.291. The van der Waals surface area contributed by atoms with Crippen molar-refractivity contribution in [1.82, 2.24) is 15.4 Å². The number of rotatable bonds is 4. The number of ether oxygens (including phenoxy) is 1. The molecule has 1 heterocycles. The average molecular weight is 197 g/mol. The first-order valence-electron chi connectivity index (χ1n) is 4.50. The average Bonchev–Trinajstić information content (AvgIpc) is 2.20. The van der Waals surface area contributed by atoms with Crippen molar-refractivity contribution in [3.63, 3.8) is 0 Å². The number of hydrogen-bond donors (Lipinski definition) is 2. The van der Waals surface area contributed by atoms with E-state index in [4.69, 9.17) is 9.94 Å². The van der Waals surface area contributed by atoms with E-state index in [-0.39, 0.29) is 0 Å². The Morgan fingerprint density at radius 1 is 1.43 bits per heavy atom. The maximum absolute atomic E-state index is 8.63. The smallest absolute Gasteiger partial charge is 0.221 e. The highest BCUT2D eigenvalue weighted by Crippen LogP contribution is 2.18. The van der Waals surface area contributed by atoms with Crippen LogP contribution >= 0.6 is 0 Å². The van der Waals surface area contributed by atoms with Crippen LogP contribution in [0.4, 0.5) is 0 Å². The molecule has 1 rings (SSSR count). The van der Waals surface area contributed by atoms with Crippen molar-refractivity contribution in [1.29, 1.82) is 0 Å². The highest BCUT2D eigenvalue weighted by atomic mass is 16.5. The molecule has 0 bridgehead atoms. The fraction of sp³-hybridized carbons (Fsp3) is 0.556. The normalized spacial score (nSPS) is 10.3. The van der Waals surface area contributed by atoms with Crippen LogP contribution in [0, 0.1) is 6.92 Å². The number of methoxy groups -OCH3 is 1. The largest absolute Gasteiger partial charge is 0.481 e. The molecule has 0 atom stereocenters. The number of hydroxylamine groups is 1. The molecule has 0 radical (unpaired) electrons. The Morgan fingerprint density at radius 3 is 2.64 bits per heavy atom. The molecule has 0 amide bonds. The van der Waals surface area contributed by atoms with Crippen molar-refractivity contribution in [3.8, 4) is 5.88 Å². The first-order chi connectivity index (χ1) is 6.72. The van der Waals surface area contributed by atoms with Crippen molar-refractivity contribution in [2.45, 2.75) is 26.8 Å².